The van der Waals surface area contributed by atoms with Gasteiger partial charge < -0.3 is 25.7 Å². The Morgan fingerprint density at radius 2 is 2.35 bits per heavy atom. The molecule has 2 rings (SSSR count). The lowest BCUT2D eigenvalue weighted by Gasteiger charge is -2.18. The first-order chi connectivity index (χ1) is 9.61. The highest BCUT2D eigenvalue weighted by atomic mass is 16.5. The van der Waals surface area contributed by atoms with Crippen molar-refractivity contribution < 1.29 is 9.53 Å². The van der Waals surface area contributed by atoms with Gasteiger partial charge in [0.2, 0.25) is 11.9 Å². The summed E-state index contributed by atoms with van der Waals surface area (Å²) >= 11 is 0. The van der Waals surface area contributed by atoms with Gasteiger partial charge in [-0.3, -0.25) is 4.79 Å². The zero-order valence-corrected chi connectivity index (χ0v) is 11.4. The van der Waals surface area contributed by atoms with Crippen molar-refractivity contribution in [2.45, 2.75) is 0 Å². The van der Waals surface area contributed by atoms with Gasteiger partial charge in [-0.25, -0.2) is 4.98 Å². The minimum absolute atomic E-state index is 0.117. The first-order valence-electron chi connectivity index (χ1n) is 6.05. The largest absolute Gasteiger partial charge is 0.383 e. The van der Waals surface area contributed by atoms with Crippen LogP contribution < -0.4 is 16.0 Å². The topological polar surface area (TPSA) is 122 Å². The van der Waals surface area contributed by atoms with E-state index in [0.717, 1.165) is 0 Å². The van der Waals surface area contributed by atoms with Gasteiger partial charge >= 0.3 is 0 Å². The molecule has 0 bridgehead atoms. The van der Waals surface area contributed by atoms with Crippen molar-refractivity contribution in [1.82, 2.24) is 25.3 Å². The number of hydrogen-bond donors (Lipinski definition) is 3. The molecule has 1 amide bonds. The van der Waals surface area contributed by atoms with Crippen LogP contribution in [0.4, 0.5) is 11.8 Å². The number of nitrogens with two attached hydrogens (primary N) is 1. The van der Waals surface area contributed by atoms with Gasteiger partial charge in [0.15, 0.2) is 11.5 Å². The lowest BCUT2D eigenvalue weighted by atomic mass is 10.4. The molecule has 0 radical (unpaired) electrons. The third-order valence-corrected chi connectivity index (χ3v) is 2.65. The summed E-state index contributed by atoms with van der Waals surface area (Å²) in [5.41, 5.74) is 6.75. The molecule has 0 aliphatic carbocycles. The number of nitrogens with zero attached hydrogens (tertiary/aromatic N) is 4. The molecule has 0 aliphatic heterocycles. The van der Waals surface area contributed by atoms with Crippen LogP contribution >= 0.6 is 0 Å². The second kappa shape index (κ2) is 6.15. The number of hydrogen-bond acceptors (Lipinski definition) is 7. The Kier molecular flexibility index (Phi) is 4.31. The average molecular weight is 279 g/mol. The molecule has 0 atom stereocenters. The minimum atomic E-state index is -0.130. The number of imidazole rings is 1. The van der Waals surface area contributed by atoms with Gasteiger partial charge in [-0.2, -0.15) is 9.97 Å². The molecule has 0 unspecified atom stereocenters. The summed E-state index contributed by atoms with van der Waals surface area (Å²) in [5, 5.41) is 2.73. The number of amides is 1. The van der Waals surface area contributed by atoms with Crippen molar-refractivity contribution >= 4 is 28.8 Å². The SMILES string of the molecule is COCCNC(=O)CN(C)c1nc(N)nc2nc[nH]c12. The number of rotatable bonds is 6. The van der Waals surface area contributed by atoms with Crippen molar-refractivity contribution in [3.8, 4) is 0 Å². The first-order valence-corrected chi connectivity index (χ1v) is 6.05. The van der Waals surface area contributed by atoms with Gasteiger partial charge in [0.1, 0.15) is 5.52 Å². The fourth-order valence-electron chi connectivity index (χ4n) is 1.75. The smallest absolute Gasteiger partial charge is 0.239 e. The van der Waals surface area contributed by atoms with E-state index in [0.29, 0.717) is 30.1 Å². The molecule has 2 aromatic rings. The number of fused-ring (bicyclic) bond motifs is 1. The molecule has 108 valence electrons. The third-order valence-electron chi connectivity index (χ3n) is 2.65. The highest BCUT2D eigenvalue weighted by Crippen LogP contribution is 2.20. The summed E-state index contributed by atoms with van der Waals surface area (Å²) in [6.07, 6.45) is 1.51. The van der Waals surface area contributed by atoms with Gasteiger partial charge in [-0.15, -0.1) is 0 Å². The van der Waals surface area contributed by atoms with Crippen LogP contribution in [0, 0.1) is 0 Å². The molecule has 2 heterocycles. The molecule has 20 heavy (non-hydrogen) atoms. The van der Waals surface area contributed by atoms with Crippen molar-refractivity contribution in [2.75, 3.05) is 44.5 Å². The zero-order valence-electron chi connectivity index (χ0n) is 11.4. The monoisotopic (exact) mass is 279 g/mol. The molecule has 9 nitrogen and oxygen atoms in total. The first kappa shape index (κ1) is 14.0. The van der Waals surface area contributed by atoms with Gasteiger partial charge in [0, 0.05) is 20.7 Å². The zero-order chi connectivity index (χ0) is 14.5. The number of carbonyl (C=O) groups excluding carboxylic acids is 1. The second-order valence-corrected chi connectivity index (χ2v) is 4.21. The predicted octanol–water partition coefficient (Wildman–Crippen LogP) is -0.866. The summed E-state index contributed by atoms with van der Waals surface area (Å²) in [4.78, 5) is 28.5. The molecular weight excluding hydrogens is 262 g/mol. The van der Waals surface area contributed by atoms with E-state index in [1.807, 2.05) is 0 Å². The molecule has 0 fully saturated rings. The van der Waals surface area contributed by atoms with E-state index in [-0.39, 0.29) is 18.4 Å². The Morgan fingerprint density at radius 3 is 3.10 bits per heavy atom. The van der Waals surface area contributed by atoms with E-state index >= 15 is 0 Å². The van der Waals surface area contributed by atoms with Gasteiger partial charge in [0.05, 0.1) is 19.5 Å². The molecule has 2 aromatic heterocycles. The van der Waals surface area contributed by atoms with Crippen molar-refractivity contribution in [3.63, 3.8) is 0 Å². The van der Waals surface area contributed by atoms with E-state index in [4.69, 9.17) is 10.5 Å². The van der Waals surface area contributed by atoms with Crippen LogP contribution in [-0.4, -0.2) is 59.7 Å². The maximum absolute atomic E-state index is 11.8. The number of H-pyrrole nitrogens is 1. The summed E-state index contributed by atoms with van der Waals surface area (Å²) in [6, 6.07) is 0. The number of aromatic nitrogens is 4. The van der Waals surface area contributed by atoms with Crippen molar-refractivity contribution in [3.05, 3.63) is 6.33 Å². The highest BCUT2D eigenvalue weighted by Gasteiger charge is 2.14. The molecule has 0 spiro atoms. The number of ether oxygens (including phenoxy) is 1. The summed E-state index contributed by atoms with van der Waals surface area (Å²) < 4.78 is 4.87. The number of nitrogens with one attached hydrogen (secondary N) is 2. The molecule has 4 N–H and O–H groups in total. The lowest BCUT2D eigenvalue weighted by molar-refractivity contribution is -0.119. The highest BCUT2D eigenvalue weighted by molar-refractivity contribution is 5.87. The molecule has 0 saturated heterocycles. The van der Waals surface area contributed by atoms with Crippen molar-refractivity contribution in [2.24, 2.45) is 0 Å². The van der Waals surface area contributed by atoms with Crippen LogP contribution in [0.1, 0.15) is 0 Å². The minimum Gasteiger partial charge on any atom is -0.383 e. The van der Waals surface area contributed by atoms with Crippen LogP contribution in [0.5, 0.6) is 0 Å². The van der Waals surface area contributed by atoms with Crippen LogP contribution in [0.15, 0.2) is 6.33 Å². The summed E-state index contributed by atoms with van der Waals surface area (Å²) in [6.45, 7) is 1.09. The standard InChI is InChI=1S/C11H17N7O2/c1-18(5-7(19)13-3-4-20-2)10-8-9(15-6-14-8)16-11(12)17-10/h6H,3-5H2,1-2H3,(H,13,19)(H3,12,14,15,16,17). The molecule has 9 heteroatoms. The van der Waals surface area contributed by atoms with Gasteiger partial charge in [0.25, 0.3) is 0 Å². The molecular formula is C11H17N7O2. The van der Waals surface area contributed by atoms with E-state index in [9.17, 15) is 4.79 Å². The summed E-state index contributed by atoms with van der Waals surface area (Å²) in [5.74, 6) is 0.521. The fraction of sp³-hybridized carbons (Fsp3) is 0.455. The fourth-order valence-corrected chi connectivity index (χ4v) is 1.75. The number of nitrogen functional groups attached to an aromatic ring is 1. The second-order valence-electron chi connectivity index (χ2n) is 4.21. The Morgan fingerprint density at radius 1 is 1.55 bits per heavy atom. The Bertz CT molecular complexity index is 597. The average Bonchev–Trinajstić information content (AvgIpc) is 2.85. The maximum atomic E-state index is 11.8. The van der Waals surface area contributed by atoms with E-state index < -0.39 is 0 Å². The Balaban J connectivity index is 2.09. The van der Waals surface area contributed by atoms with E-state index in [1.54, 1.807) is 19.1 Å². The molecule has 0 aromatic carbocycles. The summed E-state index contributed by atoms with van der Waals surface area (Å²) in [7, 11) is 3.33. The predicted molar refractivity (Wildman–Crippen MR) is 74.3 cm³/mol. The van der Waals surface area contributed by atoms with Crippen molar-refractivity contribution in [1.29, 1.82) is 0 Å². The maximum Gasteiger partial charge on any atom is 0.239 e. The van der Waals surface area contributed by atoms with Gasteiger partial charge in [-0.05, 0) is 0 Å². The normalized spacial score (nSPS) is 10.7. The number of anilines is 2. The van der Waals surface area contributed by atoms with E-state index in [1.165, 1.54) is 6.33 Å². The molecule has 0 aliphatic rings. The van der Waals surface area contributed by atoms with E-state index in [2.05, 4.69) is 25.3 Å². The lowest BCUT2D eigenvalue weighted by Crippen LogP contribution is -2.37. The number of carbonyl (C=O) groups is 1. The van der Waals surface area contributed by atoms with Crippen LogP contribution in [0.25, 0.3) is 11.2 Å². The van der Waals surface area contributed by atoms with Crippen LogP contribution in [0.2, 0.25) is 0 Å². The Labute approximate surface area is 115 Å². The number of aromatic amines is 1. The third kappa shape index (κ3) is 3.12. The van der Waals surface area contributed by atoms with Crippen LogP contribution in [0.3, 0.4) is 0 Å². The molecule has 0 saturated carbocycles. The number of likely N-dealkylation sites (N-methyl/N-ethyl adjacent to an activating group) is 1. The van der Waals surface area contributed by atoms with Gasteiger partial charge in [-0.1, -0.05) is 0 Å². The van der Waals surface area contributed by atoms with Crippen LogP contribution in [-0.2, 0) is 9.53 Å². The number of methoxy groups -OCH3 is 1. The Hall–Kier alpha value is -2.42. The quantitative estimate of drug-likeness (QED) is 0.588.